The topological polar surface area (TPSA) is 99.5 Å². The van der Waals surface area contributed by atoms with Crippen LogP contribution in [0.3, 0.4) is 0 Å². The Morgan fingerprint density at radius 3 is 2.52 bits per heavy atom. The molecule has 5 atom stereocenters. The van der Waals surface area contributed by atoms with E-state index in [4.69, 9.17) is 0 Å². The maximum atomic E-state index is 13.1. The van der Waals surface area contributed by atoms with E-state index in [1.54, 1.807) is 32.1 Å². The third-order valence-electron chi connectivity index (χ3n) is 6.86. The van der Waals surface area contributed by atoms with Crippen molar-refractivity contribution >= 4 is 29.1 Å². The van der Waals surface area contributed by atoms with Crippen LogP contribution in [0.25, 0.3) is 6.08 Å². The molecule has 1 aromatic rings. The number of carbonyl (C=O) groups is 2. The van der Waals surface area contributed by atoms with E-state index in [0.29, 0.717) is 0 Å². The first kappa shape index (κ1) is 27.4. The average molecular weight is 477 g/mol. The first-order valence-corrected chi connectivity index (χ1v) is 12.7. The summed E-state index contributed by atoms with van der Waals surface area (Å²) in [6.07, 6.45) is 4.39. The van der Waals surface area contributed by atoms with Gasteiger partial charge in [-0.05, 0) is 57.6 Å². The molecule has 0 aromatic carbocycles. The van der Waals surface area contributed by atoms with Gasteiger partial charge < -0.3 is 15.5 Å². The van der Waals surface area contributed by atoms with E-state index in [1.165, 1.54) is 0 Å². The van der Waals surface area contributed by atoms with Gasteiger partial charge in [0.05, 0.1) is 40.8 Å². The Morgan fingerprint density at radius 1 is 1.24 bits per heavy atom. The number of nitrogens with zero attached hydrogens (tertiary/aromatic N) is 1. The van der Waals surface area contributed by atoms with E-state index in [-0.39, 0.29) is 30.1 Å². The van der Waals surface area contributed by atoms with E-state index in [1.807, 2.05) is 39.2 Å². The molecule has 3 N–H and O–H groups in total. The highest BCUT2D eigenvalue weighted by molar-refractivity contribution is 7.09. The first-order valence-electron chi connectivity index (χ1n) is 11.8. The molecule has 0 radical (unpaired) electrons. The van der Waals surface area contributed by atoms with Crippen molar-refractivity contribution in [2.45, 2.75) is 92.4 Å². The van der Waals surface area contributed by atoms with E-state index >= 15 is 0 Å². The van der Waals surface area contributed by atoms with Crippen LogP contribution in [0.15, 0.2) is 22.6 Å². The molecule has 0 bridgehead atoms. The monoisotopic (exact) mass is 476 g/mol. The number of amides is 1. The van der Waals surface area contributed by atoms with E-state index in [2.05, 4.69) is 16.4 Å². The summed E-state index contributed by atoms with van der Waals surface area (Å²) in [5, 5.41) is 27.6. The van der Waals surface area contributed by atoms with Crippen molar-refractivity contribution in [2.75, 3.05) is 0 Å². The molecular weight excluding hydrogens is 436 g/mol. The summed E-state index contributed by atoms with van der Waals surface area (Å²) in [5.41, 5.74) is 1.79. The fourth-order valence-electron chi connectivity index (χ4n) is 4.36. The number of aliphatic hydroxyl groups excluding tert-OH is 2. The second-order valence-corrected chi connectivity index (χ2v) is 11.3. The largest absolute Gasteiger partial charge is 0.392 e. The molecule has 0 aliphatic carbocycles. The van der Waals surface area contributed by atoms with E-state index < -0.39 is 23.5 Å². The van der Waals surface area contributed by atoms with Crippen LogP contribution in [-0.4, -0.2) is 45.1 Å². The number of allylic oxidation sites excluding steroid dienone is 1. The van der Waals surface area contributed by atoms with Gasteiger partial charge in [-0.15, -0.1) is 11.3 Å². The number of rotatable bonds is 2. The molecule has 1 aliphatic heterocycles. The number of aromatic nitrogens is 1. The number of aryl methyl sites for hydroxylation is 1. The predicted molar refractivity (Wildman–Crippen MR) is 134 cm³/mol. The van der Waals surface area contributed by atoms with Crippen molar-refractivity contribution in [1.29, 1.82) is 0 Å². The molecule has 1 amide bonds. The van der Waals surface area contributed by atoms with Gasteiger partial charge in [-0.3, -0.25) is 9.59 Å². The lowest BCUT2D eigenvalue weighted by molar-refractivity contribution is -0.143. The fourth-order valence-corrected chi connectivity index (χ4v) is 4.93. The Labute approximate surface area is 202 Å². The Bertz CT molecular complexity index is 902. The lowest BCUT2D eigenvalue weighted by atomic mass is 9.73. The third kappa shape index (κ3) is 7.33. The van der Waals surface area contributed by atoms with Gasteiger partial charge in [0.1, 0.15) is 5.78 Å². The van der Waals surface area contributed by atoms with Crippen LogP contribution >= 0.6 is 11.3 Å². The molecule has 0 spiro atoms. The minimum atomic E-state index is -1.16. The minimum absolute atomic E-state index is 0.0417. The number of hydrogen-bond donors (Lipinski definition) is 3. The fraction of sp³-hybridized carbons (Fsp3) is 0.654. The molecule has 1 aliphatic rings. The lowest BCUT2D eigenvalue weighted by Gasteiger charge is -2.34. The van der Waals surface area contributed by atoms with Crippen LogP contribution < -0.4 is 5.32 Å². The zero-order valence-corrected chi connectivity index (χ0v) is 21.8. The van der Waals surface area contributed by atoms with E-state index in [9.17, 15) is 19.8 Å². The van der Waals surface area contributed by atoms with Gasteiger partial charge in [0.25, 0.3) is 0 Å². The van der Waals surface area contributed by atoms with Gasteiger partial charge in [0, 0.05) is 11.3 Å². The third-order valence-corrected chi connectivity index (χ3v) is 7.65. The summed E-state index contributed by atoms with van der Waals surface area (Å²) in [7, 11) is 0. The predicted octanol–water partition coefficient (Wildman–Crippen LogP) is 4.45. The number of carbonyl (C=O) groups excluding carboxylic acids is 2. The lowest BCUT2D eigenvalue weighted by Crippen LogP contribution is -2.47. The van der Waals surface area contributed by atoms with Crippen molar-refractivity contribution in [2.24, 2.45) is 17.3 Å². The Hall–Kier alpha value is -1.83. The zero-order valence-electron chi connectivity index (χ0n) is 21.0. The Balaban J connectivity index is 2.36. The van der Waals surface area contributed by atoms with Crippen LogP contribution in [0.5, 0.6) is 0 Å². The summed E-state index contributed by atoms with van der Waals surface area (Å²) in [4.78, 5) is 30.5. The van der Waals surface area contributed by atoms with Gasteiger partial charge in [-0.1, -0.05) is 39.3 Å². The summed E-state index contributed by atoms with van der Waals surface area (Å²) >= 11 is 1.58. The Morgan fingerprint density at radius 2 is 1.91 bits per heavy atom. The van der Waals surface area contributed by atoms with Crippen molar-refractivity contribution in [3.05, 3.63) is 33.3 Å². The summed E-state index contributed by atoms with van der Waals surface area (Å²) in [6, 6.07) is -0.336. The summed E-state index contributed by atoms with van der Waals surface area (Å²) in [5.74, 6) is -1.21. The standard InChI is InChI=1S/C26H40N2O4S/c1-15-9-8-10-16(2)24(31)18(4)25(32)26(6,7)22(29)13-23(30)28-21(11-15)17(3)12-20-14-33-19(5)27-20/h11-12,14,16,18,21-22,24,29,31H,8-10,13H2,1-7H3,(H,28,30)/b15-11-,17-12+. The number of hydrogen-bond acceptors (Lipinski definition) is 6. The molecule has 33 heavy (non-hydrogen) atoms. The van der Waals surface area contributed by atoms with Crippen molar-refractivity contribution in [1.82, 2.24) is 10.3 Å². The normalized spacial score (nSPS) is 32.3. The van der Waals surface area contributed by atoms with Gasteiger partial charge in [0.2, 0.25) is 5.91 Å². The number of thiazole rings is 1. The van der Waals surface area contributed by atoms with Crippen molar-refractivity contribution in [3.8, 4) is 0 Å². The number of nitrogens with one attached hydrogen (secondary N) is 1. The molecule has 7 heteroatoms. The van der Waals surface area contributed by atoms with Crippen molar-refractivity contribution < 1.29 is 19.8 Å². The van der Waals surface area contributed by atoms with Crippen LogP contribution in [0, 0.1) is 24.2 Å². The number of Topliss-reactive ketones (excluding diaryl/α,β-unsaturated/α-hetero) is 1. The highest BCUT2D eigenvalue weighted by Crippen LogP contribution is 2.32. The molecule has 6 nitrogen and oxygen atoms in total. The molecule has 0 saturated heterocycles. The van der Waals surface area contributed by atoms with Gasteiger partial charge in [-0.25, -0.2) is 4.98 Å². The second kappa shape index (κ2) is 11.5. The molecule has 184 valence electrons. The van der Waals surface area contributed by atoms with Crippen LogP contribution in [0.1, 0.15) is 77.9 Å². The molecule has 0 fully saturated rings. The SMILES string of the molecule is C/C1=C/C(/C(C)=C/c2csc(C)n2)NC(=O)CC(O)C(C)(C)C(=O)C(C)C(O)C(C)CCC1. The summed E-state index contributed by atoms with van der Waals surface area (Å²) < 4.78 is 0. The number of ketones is 1. The van der Waals surface area contributed by atoms with E-state index in [0.717, 1.165) is 41.1 Å². The van der Waals surface area contributed by atoms with Gasteiger partial charge in [-0.2, -0.15) is 0 Å². The highest BCUT2D eigenvalue weighted by atomic mass is 32.1. The minimum Gasteiger partial charge on any atom is -0.392 e. The summed E-state index contributed by atoms with van der Waals surface area (Å²) in [6.45, 7) is 12.9. The van der Waals surface area contributed by atoms with Gasteiger partial charge >= 0.3 is 0 Å². The molecule has 2 heterocycles. The quantitative estimate of drug-likeness (QED) is 0.548. The smallest absolute Gasteiger partial charge is 0.223 e. The second-order valence-electron chi connectivity index (χ2n) is 10.2. The average Bonchev–Trinajstić information content (AvgIpc) is 3.14. The molecule has 1 aromatic heterocycles. The first-order chi connectivity index (χ1) is 15.3. The van der Waals surface area contributed by atoms with Crippen LogP contribution in [0.4, 0.5) is 0 Å². The number of aliphatic hydroxyl groups is 2. The Kier molecular flexibility index (Phi) is 9.58. The van der Waals surface area contributed by atoms with Crippen molar-refractivity contribution in [3.63, 3.8) is 0 Å². The van der Waals surface area contributed by atoms with Crippen LogP contribution in [-0.2, 0) is 9.59 Å². The maximum absolute atomic E-state index is 13.1. The molecular formula is C26H40N2O4S. The maximum Gasteiger partial charge on any atom is 0.223 e. The highest BCUT2D eigenvalue weighted by Gasteiger charge is 2.42. The molecule has 2 rings (SSSR count). The molecule has 0 saturated carbocycles. The van der Waals surface area contributed by atoms with Gasteiger partial charge in [0.15, 0.2) is 0 Å². The zero-order chi connectivity index (χ0) is 24.9. The van der Waals surface area contributed by atoms with Crippen LogP contribution in [0.2, 0.25) is 0 Å². The molecule has 5 unspecified atom stereocenters.